The third-order valence-electron chi connectivity index (χ3n) is 17.3. The molecule has 0 aliphatic heterocycles. The molecule has 0 saturated heterocycles. The molecule has 0 fully saturated rings. The lowest BCUT2D eigenvalue weighted by Crippen LogP contribution is -2.30. The highest BCUT2D eigenvalue weighted by Crippen LogP contribution is 2.45. The van der Waals surface area contributed by atoms with E-state index in [1.807, 2.05) is 0 Å². The maximum atomic E-state index is 13.0. The quantitative estimate of drug-likeness (QED) is 0.0222. The Hall–Kier alpha value is -1.94. The van der Waals surface area contributed by atoms with Gasteiger partial charge in [-0.05, 0) is 49.4 Å². The van der Waals surface area contributed by atoms with Gasteiger partial charge in [0.05, 0.1) is 26.4 Å². The zero-order chi connectivity index (χ0) is 67.5. The van der Waals surface area contributed by atoms with E-state index in [4.69, 9.17) is 37.0 Å². The largest absolute Gasteiger partial charge is 0.472 e. The average Bonchev–Trinajstić information content (AvgIpc) is 3.72. The van der Waals surface area contributed by atoms with Gasteiger partial charge in [-0.3, -0.25) is 37.3 Å². The molecule has 0 aliphatic carbocycles. The Morgan fingerprint density at radius 1 is 0.308 bits per heavy atom. The minimum atomic E-state index is -4.95. The molecule has 7 atom stereocenters. The van der Waals surface area contributed by atoms with Crippen LogP contribution < -0.4 is 0 Å². The Balaban J connectivity index is 5.22. The molecule has 3 N–H and O–H groups in total. The Bertz CT molecular complexity index is 1800. The first-order valence-electron chi connectivity index (χ1n) is 37.3. The van der Waals surface area contributed by atoms with Gasteiger partial charge in [-0.25, -0.2) is 9.13 Å². The summed E-state index contributed by atoms with van der Waals surface area (Å²) in [7, 11) is -9.90. The van der Waals surface area contributed by atoms with Crippen molar-refractivity contribution in [1.29, 1.82) is 0 Å². The summed E-state index contributed by atoms with van der Waals surface area (Å²) in [6, 6.07) is 0. The third-order valence-corrected chi connectivity index (χ3v) is 19.2. The van der Waals surface area contributed by atoms with Crippen LogP contribution in [0.2, 0.25) is 0 Å². The number of ether oxygens (including phenoxy) is 4. The maximum absolute atomic E-state index is 13.0. The number of carbonyl (C=O) groups is 4. The highest BCUT2D eigenvalue weighted by Gasteiger charge is 2.30. The summed E-state index contributed by atoms with van der Waals surface area (Å²) in [5.41, 5.74) is 0. The Morgan fingerprint density at radius 3 is 0.780 bits per heavy atom. The first kappa shape index (κ1) is 89.1. The van der Waals surface area contributed by atoms with E-state index in [0.29, 0.717) is 31.6 Å². The van der Waals surface area contributed by atoms with Gasteiger partial charge >= 0.3 is 39.5 Å². The normalized spacial score (nSPS) is 14.8. The molecule has 0 aromatic heterocycles. The molecular weight excluding hydrogens is 1200 g/mol. The van der Waals surface area contributed by atoms with Crippen molar-refractivity contribution in [1.82, 2.24) is 0 Å². The molecule has 540 valence electrons. The zero-order valence-corrected chi connectivity index (χ0v) is 61.3. The zero-order valence-electron chi connectivity index (χ0n) is 59.5. The lowest BCUT2D eigenvalue weighted by atomic mass is 9.99. The van der Waals surface area contributed by atoms with Gasteiger partial charge in [0.2, 0.25) is 0 Å². The molecule has 0 saturated carbocycles. The predicted molar refractivity (Wildman–Crippen MR) is 367 cm³/mol. The van der Waals surface area contributed by atoms with Crippen LogP contribution in [-0.2, 0) is 65.4 Å². The van der Waals surface area contributed by atoms with Crippen LogP contribution in [0.3, 0.4) is 0 Å². The lowest BCUT2D eigenvalue weighted by Gasteiger charge is -2.21. The molecule has 0 spiro atoms. The third kappa shape index (κ3) is 63.9. The Morgan fingerprint density at radius 2 is 0.527 bits per heavy atom. The van der Waals surface area contributed by atoms with Gasteiger partial charge in [-0.15, -0.1) is 0 Å². The van der Waals surface area contributed by atoms with Gasteiger partial charge in [-0.2, -0.15) is 0 Å². The van der Waals surface area contributed by atoms with Crippen LogP contribution in [0, 0.1) is 23.7 Å². The number of esters is 4. The number of aliphatic hydroxyl groups is 1. The smallest absolute Gasteiger partial charge is 0.462 e. The predicted octanol–water partition coefficient (Wildman–Crippen LogP) is 20.5. The molecule has 0 heterocycles. The second-order valence-electron chi connectivity index (χ2n) is 27.4. The van der Waals surface area contributed by atoms with Crippen molar-refractivity contribution in [2.24, 2.45) is 23.7 Å². The minimum Gasteiger partial charge on any atom is -0.462 e. The first-order chi connectivity index (χ1) is 43.7. The van der Waals surface area contributed by atoms with E-state index < -0.39 is 97.5 Å². The van der Waals surface area contributed by atoms with E-state index in [2.05, 4.69) is 55.4 Å². The molecule has 0 radical (unpaired) electrons. The number of hydrogen-bond acceptors (Lipinski definition) is 15. The van der Waals surface area contributed by atoms with Crippen LogP contribution in [0.5, 0.6) is 0 Å². The molecule has 4 unspecified atom stereocenters. The molecule has 91 heavy (non-hydrogen) atoms. The van der Waals surface area contributed by atoms with Crippen molar-refractivity contribution in [2.45, 2.75) is 375 Å². The van der Waals surface area contributed by atoms with Crippen molar-refractivity contribution in [2.75, 3.05) is 39.6 Å². The number of aliphatic hydroxyl groups excluding tert-OH is 1. The minimum absolute atomic E-state index is 0.102. The summed E-state index contributed by atoms with van der Waals surface area (Å²) in [5.74, 6) is 0.883. The fourth-order valence-corrected chi connectivity index (χ4v) is 12.4. The number of phosphoric acid groups is 2. The average molecular weight is 1340 g/mol. The van der Waals surface area contributed by atoms with E-state index in [1.165, 1.54) is 154 Å². The molecule has 0 amide bonds. The van der Waals surface area contributed by atoms with Gasteiger partial charge in [-0.1, -0.05) is 306 Å². The van der Waals surface area contributed by atoms with Gasteiger partial charge in [0.25, 0.3) is 0 Å². The molecule has 19 heteroatoms. The number of rotatable bonds is 69. The maximum Gasteiger partial charge on any atom is 0.472 e. The SMILES string of the molecule is CCC(C)CCCCCCCCCCC(=O)OC[C@H](COP(=O)(O)OC[C@@H](O)COP(=O)(O)OC[C@@H](COC(=O)CCCCCCCCC(C)CC)OC(=O)CCCCCCCCCC(C)C)OC(=O)CCCCCCCCCCCCCCCCCCC(C)C. The summed E-state index contributed by atoms with van der Waals surface area (Å²) in [4.78, 5) is 72.6. The van der Waals surface area contributed by atoms with Crippen molar-refractivity contribution in [3.05, 3.63) is 0 Å². The molecule has 0 aromatic rings. The number of carbonyl (C=O) groups excluding carboxylic acids is 4. The molecule has 17 nitrogen and oxygen atoms in total. The van der Waals surface area contributed by atoms with E-state index in [-0.39, 0.29) is 25.7 Å². The molecule has 0 bridgehead atoms. The van der Waals surface area contributed by atoms with Gasteiger partial charge in [0.1, 0.15) is 19.3 Å². The van der Waals surface area contributed by atoms with E-state index in [0.717, 1.165) is 114 Å². The molecule has 0 rings (SSSR count). The second kappa shape index (κ2) is 61.6. The van der Waals surface area contributed by atoms with Crippen LogP contribution in [0.25, 0.3) is 0 Å². The van der Waals surface area contributed by atoms with Crippen LogP contribution in [0.1, 0.15) is 357 Å². The Kier molecular flexibility index (Phi) is 60.3. The van der Waals surface area contributed by atoms with Gasteiger partial charge in [0.15, 0.2) is 12.2 Å². The van der Waals surface area contributed by atoms with E-state index >= 15 is 0 Å². The van der Waals surface area contributed by atoms with Crippen LogP contribution in [0.4, 0.5) is 0 Å². The fraction of sp³-hybridized carbons (Fsp3) is 0.944. The topological polar surface area (TPSA) is 237 Å². The second-order valence-corrected chi connectivity index (χ2v) is 30.3. The summed E-state index contributed by atoms with van der Waals surface area (Å²) < 4.78 is 68.3. The summed E-state index contributed by atoms with van der Waals surface area (Å²) >= 11 is 0. The van der Waals surface area contributed by atoms with Crippen molar-refractivity contribution in [3.8, 4) is 0 Å². The van der Waals surface area contributed by atoms with Crippen LogP contribution >= 0.6 is 15.6 Å². The van der Waals surface area contributed by atoms with E-state index in [9.17, 15) is 43.2 Å². The van der Waals surface area contributed by atoms with Gasteiger partial charge < -0.3 is 33.8 Å². The monoisotopic (exact) mass is 1340 g/mol. The van der Waals surface area contributed by atoms with Crippen molar-refractivity contribution >= 4 is 39.5 Å². The molecular formula is C72H140O17P2. The standard InChI is InChI=1S/C72H140O17P2/c1-9-64(7)50-42-34-26-21-22-27-36-44-52-69(74)82-58-67(88-71(76)54-46-38-28-20-18-16-14-12-11-13-15-17-19-24-32-40-48-62(3)4)60-86-90(78,79)84-56-66(73)57-85-91(80,81)87-61-68(89-72(77)55-47-39-29-23-25-33-41-49-63(5)6)59-83-70(75)53-45-37-31-30-35-43-51-65(8)10-2/h62-68,73H,9-61H2,1-8H3,(H,78,79)(H,80,81)/t64?,65?,66-,67-,68-/m1/s1. The summed E-state index contributed by atoms with van der Waals surface area (Å²) in [6.07, 6.45) is 44.6. The van der Waals surface area contributed by atoms with Gasteiger partial charge in [0, 0.05) is 25.7 Å². The first-order valence-corrected chi connectivity index (χ1v) is 40.3. The fourth-order valence-electron chi connectivity index (χ4n) is 10.8. The molecule has 0 aromatic carbocycles. The molecule has 0 aliphatic rings. The number of unbranched alkanes of at least 4 members (excludes halogenated alkanes) is 33. The highest BCUT2D eigenvalue weighted by atomic mass is 31.2. The highest BCUT2D eigenvalue weighted by molar-refractivity contribution is 7.47. The van der Waals surface area contributed by atoms with Crippen molar-refractivity contribution < 1.29 is 80.2 Å². The van der Waals surface area contributed by atoms with Crippen molar-refractivity contribution in [3.63, 3.8) is 0 Å². The number of hydrogen-bond donors (Lipinski definition) is 3. The van der Waals surface area contributed by atoms with Crippen LogP contribution in [0.15, 0.2) is 0 Å². The Labute approximate surface area is 556 Å². The summed E-state index contributed by atoms with van der Waals surface area (Å²) in [5, 5.41) is 10.6. The summed E-state index contributed by atoms with van der Waals surface area (Å²) in [6.45, 7) is 14.1. The van der Waals surface area contributed by atoms with E-state index in [1.54, 1.807) is 0 Å². The lowest BCUT2D eigenvalue weighted by molar-refractivity contribution is -0.161. The number of phosphoric ester groups is 2. The van der Waals surface area contributed by atoms with Crippen LogP contribution in [-0.4, -0.2) is 96.7 Å².